The molecular weight excluding hydrogens is 236 g/mol. The number of benzene rings is 1. The molecule has 0 saturated heterocycles. The zero-order valence-corrected chi connectivity index (χ0v) is 11.6. The molecule has 0 unspecified atom stereocenters. The van der Waals surface area contributed by atoms with Gasteiger partial charge in [0.25, 0.3) is 0 Å². The molecule has 0 radical (unpaired) electrons. The lowest BCUT2D eigenvalue weighted by Gasteiger charge is -2.08. The highest BCUT2D eigenvalue weighted by Gasteiger charge is 2.01. The van der Waals surface area contributed by atoms with E-state index in [1.807, 2.05) is 37.5 Å². The topological polar surface area (TPSA) is 34.1 Å². The number of rotatable bonds is 8. The molecule has 2 rings (SSSR count). The first-order valence-electron chi connectivity index (χ1n) is 7.03. The number of unbranched alkanes of at least 4 members (excludes halogenated alkanes) is 3. The van der Waals surface area contributed by atoms with Gasteiger partial charge in [-0.1, -0.05) is 18.9 Å². The van der Waals surface area contributed by atoms with Crippen molar-refractivity contribution >= 4 is 10.9 Å². The number of fused-ring (bicyclic) bond motifs is 1. The van der Waals surface area contributed by atoms with Crippen LogP contribution in [0, 0.1) is 0 Å². The normalized spacial score (nSPS) is 10.8. The van der Waals surface area contributed by atoms with Crippen LogP contribution in [0.5, 0.6) is 5.75 Å². The predicted molar refractivity (Wildman–Crippen MR) is 79.6 cm³/mol. The third-order valence-electron chi connectivity index (χ3n) is 3.18. The molecule has 1 heterocycles. The Morgan fingerprint density at radius 2 is 1.95 bits per heavy atom. The first-order valence-corrected chi connectivity index (χ1v) is 7.03. The van der Waals surface area contributed by atoms with E-state index in [9.17, 15) is 0 Å². The first-order chi connectivity index (χ1) is 9.42. The molecule has 0 aliphatic carbocycles. The molecule has 3 nitrogen and oxygen atoms in total. The van der Waals surface area contributed by atoms with Crippen molar-refractivity contribution in [2.75, 3.05) is 20.2 Å². The number of aromatic nitrogens is 1. The lowest BCUT2D eigenvalue weighted by atomic mass is 10.2. The van der Waals surface area contributed by atoms with E-state index in [0.717, 1.165) is 36.2 Å². The van der Waals surface area contributed by atoms with Gasteiger partial charge in [0.1, 0.15) is 5.75 Å². The molecular formula is C16H22N2O. The van der Waals surface area contributed by atoms with Gasteiger partial charge in [0.15, 0.2) is 0 Å². The Hall–Kier alpha value is -1.61. The van der Waals surface area contributed by atoms with Crippen molar-refractivity contribution in [1.82, 2.24) is 10.3 Å². The van der Waals surface area contributed by atoms with Crippen molar-refractivity contribution < 1.29 is 4.74 Å². The third-order valence-corrected chi connectivity index (χ3v) is 3.18. The summed E-state index contributed by atoms with van der Waals surface area (Å²) in [5.41, 5.74) is 0.994. The van der Waals surface area contributed by atoms with Gasteiger partial charge < -0.3 is 10.1 Å². The molecule has 0 spiro atoms. The van der Waals surface area contributed by atoms with E-state index in [1.165, 1.54) is 19.3 Å². The maximum absolute atomic E-state index is 5.87. The molecule has 0 bridgehead atoms. The minimum atomic E-state index is 0.785. The number of hydrogen-bond acceptors (Lipinski definition) is 3. The van der Waals surface area contributed by atoms with Crippen molar-refractivity contribution in [2.24, 2.45) is 0 Å². The van der Waals surface area contributed by atoms with Crippen molar-refractivity contribution in [3.8, 4) is 5.75 Å². The van der Waals surface area contributed by atoms with Crippen LogP contribution >= 0.6 is 0 Å². The molecule has 0 atom stereocenters. The lowest BCUT2D eigenvalue weighted by Crippen LogP contribution is -2.07. The number of nitrogens with one attached hydrogen (secondary N) is 1. The van der Waals surface area contributed by atoms with E-state index in [1.54, 1.807) is 0 Å². The van der Waals surface area contributed by atoms with Crippen LogP contribution in [-0.2, 0) is 0 Å². The van der Waals surface area contributed by atoms with Crippen molar-refractivity contribution in [3.05, 3.63) is 36.5 Å². The summed E-state index contributed by atoms with van der Waals surface area (Å²) in [6, 6.07) is 10.0. The summed E-state index contributed by atoms with van der Waals surface area (Å²) in [6.07, 6.45) is 6.66. The molecule has 19 heavy (non-hydrogen) atoms. The van der Waals surface area contributed by atoms with Gasteiger partial charge in [0, 0.05) is 11.6 Å². The van der Waals surface area contributed by atoms with Gasteiger partial charge in [-0.15, -0.1) is 0 Å². The fourth-order valence-corrected chi connectivity index (χ4v) is 2.14. The lowest BCUT2D eigenvalue weighted by molar-refractivity contribution is 0.308. The molecule has 1 aromatic heterocycles. The van der Waals surface area contributed by atoms with Gasteiger partial charge in [-0.25, -0.2) is 0 Å². The quantitative estimate of drug-likeness (QED) is 0.737. The van der Waals surface area contributed by atoms with E-state index in [2.05, 4.69) is 16.4 Å². The monoisotopic (exact) mass is 258 g/mol. The maximum Gasteiger partial charge on any atom is 0.128 e. The molecule has 0 saturated carbocycles. The number of pyridine rings is 1. The van der Waals surface area contributed by atoms with Gasteiger partial charge in [0.2, 0.25) is 0 Å². The Bertz CT molecular complexity index is 494. The molecule has 102 valence electrons. The Morgan fingerprint density at radius 3 is 2.84 bits per heavy atom. The number of nitrogens with zero attached hydrogens (tertiary/aromatic N) is 1. The summed E-state index contributed by atoms with van der Waals surface area (Å²) in [4.78, 5) is 4.33. The Kier molecular flexibility index (Phi) is 5.63. The summed E-state index contributed by atoms with van der Waals surface area (Å²) < 4.78 is 5.87. The fraction of sp³-hybridized carbons (Fsp3) is 0.438. The van der Waals surface area contributed by atoms with Gasteiger partial charge >= 0.3 is 0 Å². The summed E-state index contributed by atoms with van der Waals surface area (Å²) in [5, 5.41) is 4.26. The zero-order valence-electron chi connectivity index (χ0n) is 11.6. The predicted octanol–water partition coefficient (Wildman–Crippen LogP) is 3.39. The largest absolute Gasteiger partial charge is 0.493 e. The third kappa shape index (κ3) is 4.21. The van der Waals surface area contributed by atoms with Crippen molar-refractivity contribution in [1.29, 1.82) is 0 Å². The maximum atomic E-state index is 5.87. The summed E-state index contributed by atoms with van der Waals surface area (Å²) in [6.45, 7) is 1.89. The van der Waals surface area contributed by atoms with Crippen LogP contribution in [0.15, 0.2) is 36.5 Å². The molecule has 0 aliphatic heterocycles. The van der Waals surface area contributed by atoms with Crippen LogP contribution < -0.4 is 10.1 Å². The van der Waals surface area contributed by atoms with Crippen LogP contribution in [0.4, 0.5) is 0 Å². The highest BCUT2D eigenvalue weighted by atomic mass is 16.5. The standard InChI is InChI=1S/C16H22N2O/c1-17-11-4-2-3-5-13-19-16-10-6-9-15-14(16)8-7-12-18-15/h6-10,12,17H,2-5,11,13H2,1H3. The van der Waals surface area contributed by atoms with Crippen LogP contribution in [0.1, 0.15) is 25.7 Å². The van der Waals surface area contributed by atoms with Gasteiger partial charge in [-0.05, 0) is 50.7 Å². The second-order valence-corrected chi connectivity index (χ2v) is 4.69. The molecule has 2 aromatic rings. The second-order valence-electron chi connectivity index (χ2n) is 4.69. The average Bonchev–Trinajstić information content (AvgIpc) is 2.46. The van der Waals surface area contributed by atoms with Gasteiger partial charge in [-0.2, -0.15) is 0 Å². The highest BCUT2D eigenvalue weighted by Crippen LogP contribution is 2.23. The van der Waals surface area contributed by atoms with E-state index >= 15 is 0 Å². The minimum absolute atomic E-state index is 0.785. The van der Waals surface area contributed by atoms with E-state index in [4.69, 9.17) is 4.74 Å². The van der Waals surface area contributed by atoms with Crippen molar-refractivity contribution in [3.63, 3.8) is 0 Å². The van der Waals surface area contributed by atoms with Gasteiger partial charge in [0.05, 0.1) is 12.1 Å². The second kappa shape index (κ2) is 7.74. The minimum Gasteiger partial charge on any atom is -0.493 e. The molecule has 0 fully saturated rings. The SMILES string of the molecule is CNCCCCCCOc1cccc2ncccc12. The van der Waals surface area contributed by atoms with Crippen LogP contribution in [0.3, 0.4) is 0 Å². The first kappa shape index (κ1) is 13.8. The fourth-order valence-electron chi connectivity index (χ4n) is 2.14. The Balaban J connectivity index is 1.78. The van der Waals surface area contributed by atoms with E-state index < -0.39 is 0 Å². The molecule has 1 N–H and O–H groups in total. The molecule has 3 heteroatoms. The highest BCUT2D eigenvalue weighted by molar-refractivity contribution is 5.84. The van der Waals surface area contributed by atoms with Crippen molar-refractivity contribution in [2.45, 2.75) is 25.7 Å². The van der Waals surface area contributed by atoms with Gasteiger partial charge in [-0.3, -0.25) is 4.98 Å². The molecule has 0 amide bonds. The zero-order chi connectivity index (χ0) is 13.3. The smallest absolute Gasteiger partial charge is 0.128 e. The average molecular weight is 258 g/mol. The Morgan fingerprint density at radius 1 is 1.05 bits per heavy atom. The molecule has 1 aromatic carbocycles. The molecule has 0 aliphatic rings. The Labute approximate surface area is 115 Å². The summed E-state index contributed by atoms with van der Waals surface area (Å²) in [5.74, 6) is 0.945. The van der Waals surface area contributed by atoms with E-state index in [-0.39, 0.29) is 0 Å². The summed E-state index contributed by atoms with van der Waals surface area (Å²) in [7, 11) is 2.00. The summed E-state index contributed by atoms with van der Waals surface area (Å²) >= 11 is 0. The number of ether oxygens (including phenoxy) is 1. The number of hydrogen-bond donors (Lipinski definition) is 1. The van der Waals surface area contributed by atoms with Crippen LogP contribution in [-0.4, -0.2) is 25.2 Å². The van der Waals surface area contributed by atoms with Crippen LogP contribution in [0.25, 0.3) is 10.9 Å². The van der Waals surface area contributed by atoms with E-state index in [0.29, 0.717) is 0 Å². The van der Waals surface area contributed by atoms with Crippen LogP contribution in [0.2, 0.25) is 0 Å².